The summed E-state index contributed by atoms with van der Waals surface area (Å²) in [7, 11) is 0. The molecular formula is C27H25N3O4. The highest BCUT2D eigenvalue weighted by Gasteiger charge is 2.15. The Kier molecular flexibility index (Phi) is 7.57. The van der Waals surface area contributed by atoms with Crippen molar-refractivity contribution in [3.8, 4) is 45.7 Å². The molecular weight excluding hydrogens is 430 g/mol. The summed E-state index contributed by atoms with van der Waals surface area (Å²) in [6, 6.07) is 24.3. The second-order valence-electron chi connectivity index (χ2n) is 7.63. The predicted molar refractivity (Wildman–Crippen MR) is 129 cm³/mol. The number of nitrogens with zero attached hydrogens (tertiary/aromatic N) is 3. The Bertz CT molecular complexity index is 1190. The fourth-order valence-corrected chi connectivity index (χ4v) is 3.26. The minimum Gasteiger partial charge on any atom is -0.507 e. The third-order valence-corrected chi connectivity index (χ3v) is 5.00. The van der Waals surface area contributed by atoms with Gasteiger partial charge in [0.05, 0.1) is 18.8 Å². The molecule has 0 aliphatic heterocycles. The monoisotopic (exact) mass is 455 g/mol. The summed E-state index contributed by atoms with van der Waals surface area (Å²) in [6.45, 7) is 2.56. The summed E-state index contributed by atoms with van der Waals surface area (Å²) in [6.07, 6.45) is 0.386. The average Bonchev–Trinajstić information content (AvgIpc) is 2.87. The molecule has 7 nitrogen and oxygen atoms in total. The number of aromatic hydroxyl groups is 1. The van der Waals surface area contributed by atoms with E-state index in [1.165, 1.54) is 13.0 Å². The molecule has 1 heterocycles. The van der Waals surface area contributed by atoms with E-state index in [2.05, 4.69) is 15.0 Å². The van der Waals surface area contributed by atoms with Crippen LogP contribution in [0.15, 0.2) is 78.9 Å². The molecule has 34 heavy (non-hydrogen) atoms. The van der Waals surface area contributed by atoms with Gasteiger partial charge in [0, 0.05) is 23.6 Å². The van der Waals surface area contributed by atoms with E-state index in [4.69, 9.17) is 9.47 Å². The first kappa shape index (κ1) is 23.1. The van der Waals surface area contributed by atoms with Crippen LogP contribution in [-0.2, 0) is 9.53 Å². The lowest BCUT2D eigenvalue weighted by Crippen LogP contribution is -2.09. The number of hydrogen-bond donors (Lipinski definition) is 1. The average molecular weight is 456 g/mol. The standard InChI is InChI=1S/C27H25N3O4/c1-19(31)14-15-33-16-17-34-22-12-13-23(24(32)18-22)27-29-25(20-8-4-2-5-9-20)28-26(30-27)21-10-6-3-7-11-21/h2-13,18,32H,14-17H2,1H3. The zero-order valence-electron chi connectivity index (χ0n) is 18.8. The number of hydrogen-bond acceptors (Lipinski definition) is 7. The maximum Gasteiger partial charge on any atom is 0.167 e. The number of aromatic nitrogens is 3. The first-order valence-electron chi connectivity index (χ1n) is 11.0. The smallest absolute Gasteiger partial charge is 0.167 e. The van der Waals surface area contributed by atoms with Crippen molar-refractivity contribution in [3.63, 3.8) is 0 Å². The molecule has 0 atom stereocenters. The molecule has 1 aromatic heterocycles. The minimum atomic E-state index is -0.000721. The van der Waals surface area contributed by atoms with Crippen LogP contribution in [0.4, 0.5) is 0 Å². The van der Waals surface area contributed by atoms with Crippen molar-refractivity contribution in [1.29, 1.82) is 0 Å². The highest BCUT2D eigenvalue weighted by Crippen LogP contribution is 2.32. The van der Waals surface area contributed by atoms with Gasteiger partial charge in [-0.05, 0) is 19.1 Å². The Morgan fingerprint density at radius 2 is 1.35 bits per heavy atom. The molecule has 0 aliphatic rings. The molecule has 4 rings (SSSR count). The highest BCUT2D eigenvalue weighted by molar-refractivity contribution is 5.75. The fourth-order valence-electron chi connectivity index (χ4n) is 3.26. The predicted octanol–water partition coefficient (Wildman–Crippen LogP) is 4.95. The lowest BCUT2D eigenvalue weighted by atomic mass is 10.1. The third-order valence-electron chi connectivity index (χ3n) is 5.00. The van der Waals surface area contributed by atoms with Gasteiger partial charge in [-0.3, -0.25) is 4.79 Å². The first-order chi connectivity index (χ1) is 16.6. The number of ether oxygens (including phenoxy) is 2. The highest BCUT2D eigenvalue weighted by atomic mass is 16.5. The molecule has 3 aromatic carbocycles. The topological polar surface area (TPSA) is 94.4 Å². The molecule has 0 amide bonds. The van der Waals surface area contributed by atoms with E-state index in [0.29, 0.717) is 55.0 Å². The number of rotatable bonds is 10. The zero-order valence-corrected chi connectivity index (χ0v) is 18.8. The van der Waals surface area contributed by atoms with E-state index < -0.39 is 0 Å². The maximum atomic E-state index is 10.9. The number of Topliss-reactive ketones (excluding diaryl/α,β-unsaturated/α-hetero) is 1. The molecule has 0 spiro atoms. The van der Waals surface area contributed by atoms with E-state index in [-0.39, 0.29) is 11.5 Å². The van der Waals surface area contributed by atoms with Crippen molar-refractivity contribution in [1.82, 2.24) is 15.0 Å². The molecule has 0 unspecified atom stereocenters. The van der Waals surface area contributed by atoms with Crippen molar-refractivity contribution in [3.05, 3.63) is 78.9 Å². The Morgan fingerprint density at radius 3 is 1.91 bits per heavy atom. The van der Waals surface area contributed by atoms with Gasteiger partial charge in [0.25, 0.3) is 0 Å². The lowest BCUT2D eigenvalue weighted by molar-refractivity contribution is -0.118. The van der Waals surface area contributed by atoms with Gasteiger partial charge in [0.1, 0.15) is 23.9 Å². The summed E-state index contributed by atoms with van der Waals surface area (Å²) < 4.78 is 11.0. The molecule has 0 saturated carbocycles. The van der Waals surface area contributed by atoms with Crippen LogP contribution in [0.5, 0.6) is 11.5 Å². The summed E-state index contributed by atoms with van der Waals surface area (Å²) in [5, 5.41) is 10.7. The molecule has 1 N–H and O–H groups in total. The van der Waals surface area contributed by atoms with Crippen molar-refractivity contribution < 1.29 is 19.4 Å². The Morgan fingerprint density at radius 1 is 0.765 bits per heavy atom. The number of phenols is 1. The largest absolute Gasteiger partial charge is 0.507 e. The van der Waals surface area contributed by atoms with Gasteiger partial charge in [-0.2, -0.15) is 0 Å². The quantitative estimate of drug-likeness (QED) is 0.338. The molecule has 0 saturated heterocycles. The van der Waals surface area contributed by atoms with Crippen molar-refractivity contribution in [2.75, 3.05) is 19.8 Å². The van der Waals surface area contributed by atoms with Crippen molar-refractivity contribution in [2.45, 2.75) is 13.3 Å². The summed E-state index contributed by atoms with van der Waals surface area (Å²) >= 11 is 0. The van der Waals surface area contributed by atoms with E-state index in [1.807, 2.05) is 60.7 Å². The van der Waals surface area contributed by atoms with Crippen LogP contribution in [0.3, 0.4) is 0 Å². The van der Waals surface area contributed by atoms with Crippen LogP contribution >= 0.6 is 0 Å². The molecule has 0 fully saturated rings. The molecule has 172 valence electrons. The van der Waals surface area contributed by atoms with Crippen LogP contribution in [-0.4, -0.2) is 45.7 Å². The van der Waals surface area contributed by atoms with Gasteiger partial charge in [-0.25, -0.2) is 15.0 Å². The SMILES string of the molecule is CC(=O)CCOCCOc1ccc(-c2nc(-c3ccccc3)nc(-c3ccccc3)n2)c(O)c1. The summed E-state index contributed by atoms with van der Waals surface area (Å²) in [4.78, 5) is 24.9. The summed E-state index contributed by atoms with van der Waals surface area (Å²) in [5.74, 6) is 1.99. The van der Waals surface area contributed by atoms with Gasteiger partial charge in [-0.15, -0.1) is 0 Å². The van der Waals surface area contributed by atoms with Gasteiger partial charge >= 0.3 is 0 Å². The third kappa shape index (κ3) is 6.02. The minimum absolute atomic E-state index is 0.000721. The molecule has 0 radical (unpaired) electrons. The van der Waals surface area contributed by atoms with E-state index in [0.717, 1.165) is 11.1 Å². The van der Waals surface area contributed by atoms with Gasteiger partial charge in [0.15, 0.2) is 17.5 Å². The lowest BCUT2D eigenvalue weighted by Gasteiger charge is -2.11. The molecule has 0 bridgehead atoms. The number of carbonyl (C=O) groups is 1. The van der Waals surface area contributed by atoms with Gasteiger partial charge in [-0.1, -0.05) is 60.7 Å². The van der Waals surface area contributed by atoms with E-state index in [1.54, 1.807) is 12.1 Å². The molecule has 0 aliphatic carbocycles. The fraction of sp³-hybridized carbons (Fsp3) is 0.185. The van der Waals surface area contributed by atoms with Crippen molar-refractivity contribution in [2.24, 2.45) is 0 Å². The molecule has 7 heteroatoms. The van der Waals surface area contributed by atoms with Crippen LogP contribution in [0, 0.1) is 0 Å². The number of benzene rings is 3. The maximum absolute atomic E-state index is 10.9. The van der Waals surface area contributed by atoms with Crippen LogP contribution in [0.2, 0.25) is 0 Å². The van der Waals surface area contributed by atoms with Crippen molar-refractivity contribution >= 4 is 5.78 Å². The van der Waals surface area contributed by atoms with Gasteiger partial charge in [0.2, 0.25) is 0 Å². The Hall–Kier alpha value is -4.10. The Labute approximate surface area is 198 Å². The summed E-state index contributed by atoms with van der Waals surface area (Å²) in [5.41, 5.74) is 2.18. The van der Waals surface area contributed by atoms with Crippen LogP contribution in [0.25, 0.3) is 34.2 Å². The second-order valence-corrected chi connectivity index (χ2v) is 7.63. The van der Waals surface area contributed by atoms with E-state index in [9.17, 15) is 9.90 Å². The van der Waals surface area contributed by atoms with Crippen LogP contribution < -0.4 is 4.74 Å². The molecule has 4 aromatic rings. The van der Waals surface area contributed by atoms with E-state index >= 15 is 0 Å². The number of carbonyl (C=O) groups excluding carboxylic acids is 1. The zero-order chi connectivity index (χ0) is 23.8. The Balaban J connectivity index is 1.57. The van der Waals surface area contributed by atoms with Gasteiger partial charge < -0.3 is 14.6 Å². The number of ketones is 1. The first-order valence-corrected chi connectivity index (χ1v) is 11.0. The second kappa shape index (κ2) is 11.2. The van der Waals surface area contributed by atoms with Crippen LogP contribution in [0.1, 0.15) is 13.3 Å². The number of phenolic OH excluding ortho intramolecular Hbond substituents is 1. The normalized spacial score (nSPS) is 10.7.